The molecular weight excluding hydrogens is 510 g/mol. The summed E-state index contributed by atoms with van der Waals surface area (Å²) < 4.78 is 0.809. The van der Waals surface area contributed by atoms with Gasteiger partial charge in [0.25, 0.3) is 0 Å². The Kier molecular flexibility index (Phi) is 4.85. The first-order valence-electron chi connectivity index (χ1n) is 11.6. The minimum atomic E-state index is 0.566. The van der Waals surface area contributed by atoms with Crippen molar-refractivity contribution >= 4 is 44.0 Å². The van der Waals surface area contributed by atoms with Gasteiger partial charge in [0.1, 0.15) is 4.60 Å². The van der Waals surface area contributed by atoms with Crippen LogP contribution in [0.25, 0.3) is 44.8 Å². The molecule has 0 amide bonds. The van der Waals surface area contributed by atoms with Gasteiger partial charge >= 0.3 is 0 Å². The summed E-state index contributed by atoms with van der Waals surface area (Å²) in [6, 6.07) is 36.7. The molecule has 0 saturated heterocycles. The molecule has 1 aliphatic heterocycles. The topological polar surface area (TPSA) is 54.8 Å². The number of pyridine rings is 1. The van der Waals surface area contributed by atoms with Crippen molar-refractivity contribution in [3.05, 3.63) is 114 Å². The van der Waals surface area contributed by atoms with Gasteiger partial charge in [0.15, 0.2) is 11.6 Å². The summed E-state index contributed by atoms with van der Waals surface area (Å²) in [5.74, 6) is 1.82. The average Bonchev–Trinajstić information content (AvgIpc) is 2.94. The van der Waals surface area contributed by atoms with E-state index in [2.05, 4.69) is 51.2 Å². The quantitative estimate of drug-likeness (QED) is 0.218. The van der Waals surface area contributed by atoms with Gasteiger partial charge in [-0.1, -0.05) is 91.0 Å². The molecule has 6 heteroatoms. The Bertz CT molecular complexity index is 1700. The summed E-state index contributed by atoms with van der Waals surface area (Å²) in [5, 5.41) is 2.17. The van der Waals surface area contributed by atoms with Crippen LogP contribution >= 0.6 is 15.9 Å². The van der Waals surface area contributed by atoms with Crippen LogP contribution in [-0.2, 0) is 0 Å². The third-order valence-corrected chi connectivity index (χ3v) is 6.74. The second-order valence-electron chi connectivity index (χ2n) is 8.54. The molecule has 0 saturated carbocycles. The highest BCUT2D eigenvalue weighted by Gasteiger charge is 2.29. The van der Waals surface area contributed by atoms with Crippen molar-refractivity contribution in [2.45, 2.75) is 0 Å². The summed E-state index contributed by atoms with van der Waals surface area (Å²) in [4.78, 5) is 21.9. The molecule has 1 aliphatic rings. The first-order chi connectivity index (χ1) is 17.8. The fraction of sp³-hybridized carbons (Fsp3) is 0. The molecular formula is C30H18BrN5. The minimum Gasteiger partial charge on any atom is -0.278 e. The van der Waals surface area contributed by atoms with Gasteiger partial charge in [0.05, 0.1) is 17.1 Å². The summed E-state index contributed by atoms with van der Waals surface area (Å²) in [7, 11) is 0. The van der Waals surface area contributed by atoms with Crippen molar-refractivity contribution in [1.82, 2.24) is 19.9 Å². The van der Waals surface area contributed by atoms with Crippen molar-refractivity contribution in [3.8, 4) is 34.0 Å². The first kappa shape index (κ1) is 20.9. The Morgan fingerprint density at radius 2 is 1.17 bits per heavy atom. The molecule has 2 aromatic heterocycles. The van der Waals surface area contributed by atoms with Gasteiger partial charge < -0.3 is 0 Å². The van der Waals surface area contributed by atoms with Crippen LogP contribution in [0.2, 0.25) is 0 Å². The monoisotopic (exact) mass is 527 g/mol. The van der Waals surface area contributed by atoms with E-state index in [-0.39, 0.29) is 0 Å². The van der Waals surface area contributed by atoms with Gasteiger partial charge in [-0.05, 0) is 39.5 Å². The second kappa shape index (κ2) is 8.36. The number of benzene rings is 4. The number of nitrogens with zero attached hydrogens (tertiary/aromatic N) is 5. The number of para-hydroxylation sites is 1. The molecule has 6 aromatic rings. The lowest BCUT2D eigenvalue weighted by atomic mass is 9.96. The Labute approximate surface area is 216 Å². The maximum absolute atomic E-state index is 5.00. The summed E-state index contributed by atoms with van der Waals surface area (Å²) in [5.41, 5.74) is 5.83. The lowest BCUT2D eigenvalue weighted by Crippen LogP contribution is -2.19. The predicted molar refractivity (Wildman–Crippen MR) is 147 cm³/mol. The van der Waals surface area contributed by atoms with Crippen LogP contribution in [0.3, 0.4) is 0 Å². The normalized spacial score (nSPS) is 12.0. The third kappa shape index (κ3) is 3.38. The highest BCUT2D eigenvalue weighted by atomic mass is 79.9. The van der Waals surface area contributed by atoms with Crippen LogP contribution < -0.4 is 4.90 Å². The van der Waals surface area contributed by atoms with Gasteiger partial charge in [0, 0.05) is 22.1 Å². The van der Waals surface area contributed by atoms with Crippen LogP contribution in [0.15, 0.2) is 114 Å². The van der Waals surface area contributed by atoms with Crippen LogP contribution in [-0.4, -0.2) is 19.9 Å². The van der Waals surface area contributed by atoms with E-state index in [1.807, 2.05) is 78.9 Å². The van der Waals surface area contributed by atoms with Crippen LogP contribution in [0.5, 0.6) is 0 Å². The van der Waals surface area contributed by atoms with E-state index in [1.165, 1.54) is 0 Å². The lowest BCUT2D eigenvalue weighted by Gasteiger charge is -2.31. The Morgan fingerprint density at radius 3 is 1.86 bits per heavy atom. The molecule has 0 bridgehead atoms. The number of hydrogen-bond donors (Lipinski definition) is 0. The van der Waals surface area contributed by atoms with E-state index in [1.54, 1.807) is 0 Å². The Morgan fingerprint density at radius 1 is 0.556 bits per heavy atom. The zero-order chi connectivity index (χ0) is 24.1. The number of anilines is 3. The van der Waals surface area contributed by atoms with Crippen molar-refractivity contribution < 1.29 is 0 Å². The fourth-order valence-corrected chi connectivity index (χ4v) is 5.18. The standard InChI is InChI=1S/C30H18BrN5/c31-25-18-21-14-9-17-24-26(21)27(32-25)22-15-7-8-16-23(22)36(24)30-34-28(19-10-3-1-4-11-19)33-29(35-30)20-12-5-2-6-13-20/h1-18H. The van der Waals surface area contributed by atoms with Crippen molar-refractivity contribution in [2.75, 3.05) is 4.90 Å². The molecule has 170 valence electrons. The minimum absolute atomic E-state index is 0.566. The molecule has 0 spiro atoms. The zero-order valence-electron chi connectivity index (χ0n) is 19.0. The van der Waals surface area contributed by atoms with Crippen LogP contribution in [0.4, 0.5) is 17.3 Å². The van der Waals surface area contributed by atoms with Gasteiger partial charge in [0.2, 0.25) is 5.95 Å². The largest absolute Gasteiger partial charge is 0.278 e. The Hall–Kier alpha value is -4.42. The molecule has 0 atom stereocenters. The van der Waals surface area contributed by atoms with Crippen molar-refractivity contribution in [1.29, 1.82) is 0 Å². The summed E-state index contributed by atoms with van der Waals surface area (Å²) in [6.07, 6.45) is 0. The first-order valence-corrected chi connectivity index (χ1v) is 12.4. The Balaban J connectivity index is 1.54. The molecule has 0 aliphatic carbocycles. The van der Waals surface area contributed by atoms with Gasteiger partial charge in [-0.2, -0.15) is 9.97 Å². The summed E-state index contributed by atoms with van der Waals surface area (Å²) in [6.45, 7) is 0. The smallest absolute Gasteiger partial charge is 0.238 e. The maximum Gasteiger partial charge on any atom is 0.238 e. The molecule has 0 radical (unpaired) electrons. The van der Waals surface area contributed by atoms with Crippen molar-refractivity contribution in [3.63, 3.8) is 0 Å². The van der Waals surface area contributed by atoms with E-state index in [0.717, 1.165) is 49.1 Å². The molecule has 0 unspecified atom stereocenters. The van der Waals surface area contributed by atoms with E-state index in [9.17, 15) is 0 Å². The van der Waals surface area contributed by atoms with E-state index < -0.39 is 0 Å². The van der Waals surface area contributed by atoms with Crippen molar-refractivity contribution in [2.24, 2.45) is 0 Å². The number of rotatable bonds is 3. The molecule has 7 rings (SSSR count). The second-order valence-corrected chi connectivity index (χ2v) is 9.35. The molecule has 36 heavy (non-hydrogen) atoms. The van der Waals surface area contributed by atoms with Crippen LogP contribution in [0.1, 0.15) is 0 Å². The highest BCUT2D eigenvalue weighted by molar-refractivity contribution is 9.10. The van der Waals surface area contributed by atoms with E-state index in [0.29, 0.717) is 17.6 Å². The fourth-order valence-electron chi connectivity index (χ4n) is 4.75. The van der Waals surface area contributed by atoms with Gasteiger partial charge in [-0.3, -0.25) is 4.90 Å². The molecule has 0 fully saturated rings. The number of aromatic nitrogens is 4. The molecule has 0 N–H and O–H groups in total. The zero-order valence-corrected chi connectivity index (χ0v) is 20.6. The lowest BCUT2D eigenvalue weighted by molar-refractivity contribution is 1.02. The number of fused-ring (bicyclic) bond motifs is 2. The number of hydrogen-bond acceptors (Lipinski definition) is 5. The average molecular weight is 528 g/mol. The van der Waals surface area contributed by atoms with Crippen LogP contribution in [0, 0.1) is 0 Å². The van der Waals surface area contributed by atoms with E-state index in [4.69, 9.17) is 19.9 Å². The predicted octanol–water partition coefficient (Wildman–Crippen LogP) is 7.97. The summed E-state index contributed by atoms with van der Waals surface area (Å²) >= 11 is 3.60. The molecule has 3 heterocycles. The molecule has 4 aromatic carbocycles. The third-order valence-electron chi connectivity index (χ3n) is 6.33. The highest BCUT2D eigenvalue weighted by Crippen LogP contribution is 2.49. The van der Waals surface area contributed by atoms with Gasteiger partial charge in [-0.15, -0.1) is 0 Å². The van der Waals surface area contributed by atoms with E-state index >= 15 is 0 Å². The number of halogens is 1. The molecule has 5 nitrogen and oxygen atoms in total. The SMILES string of the molecule is Brc1cc2cccc3c2c(n1)-c1ccccc1N3c1nc(-c2ccccc2)nc(-c2ccccc2)n1. The van der Waals surface area contributed by atoms with Gasteiger partial charge in [-0.25, -0.2) is 9.97 Å². The maximum atomic E-state index is 5.00.